The predicted molar refractivity (Wildman–Crippen MR) is 227 cm³/mol. The summed E-state index contributed by atoms with van der Waals surface area (Å²) in [7, 11) is 0. The molecule has 0 aromatic carbocycles. The molecule has 0 fully saturated rings. The Morgan fingerprint density at radius 3 is 1.56 bits per heavy atom. The van der Waals surface area contributed by atoms with Gasteiger partial charge in [0.25, 0.3) is 0 Å². The summed E-state index contributed by atoms with van der Waals surface area (Å²) in [6, 6.07) is -1.39. The fraction of sp³-hybridized carbons (Fsp3) is 0.696. The van der Waals surface area contributed by atoms with Crippen molar-refractivity contribution < 1.29 is 34.1 Å². The van der Waals surface area contributed by atoms with E-state index in [-0.39, 0.29) is 30.9 Å². The van der Waals surface area contributed by atoms with Crippen molar-refractivity contribution >= 4 is 23.8 Å². The molecule has 0 saturated carbocycles. The summed E-state index contributed by atoms with van der Waals surface area (Å²) in [6.45, 7) is 3.31. The molecule has 0 rings (SSSR count). The third-order valence-corrected chi connectivity index (χ3v) is 9.28. The lowest BCUT2D eigenvalue weighted by Gasteiger charge is -2.18. The number of aliphatic hydroxyl groups excluding tert-OH is 1. The molecule has 9 nitrogen and oxygen atoms in total. The van der Waals surface area contributed by atoms with E-state index in [2.05, 4.69) is 85.2 Å². The van der Waals surface area contributed by atoms with E-state index >= 15 is 0 Å². The minimum absolute atomic E-state index is 0.0487. The van der Waals surface area contributed by atoms with Crippen LogP contribution in [0.15, 0.2) is 60.8 Å². The van der Waals surface area contributed by atoms with Crippen molar-refractivity contribution in [2.24, 2.45) is 0 Å². The molecule has 0 bridgehead atoms. The number of carboxylic acid groups (broad SMARTS) is 1. The average Bonchev–Trinajstić information content (AvgIpc) is 3.17. The number of rotatable bonds is 38. The van der Waals surface area contributed by atoms with E-state index in [4.69, 9.17) is 14.9 Å². The molecule has 0 aliphatic heterocycles. The standard InChI is InChI=1S/C46H78N2O7/c1-3-5-7-9-10-11-12-13-14-15-16-17-18-19-20-21-22-23-24-25-26-28-34-38-45(52)55-41(35-31-27-8-6-4-2)36-32-29-30-33-37-43(50)47-39-44(51)48-42(40-49)46(53)54/h5,7,10-11,13-14,16-17,19-20,41-42,49H,3-4,6,8-9,12,15,18,21-40H2,1-2H3,(H,47,50)(H,48,51)(H,53,54)/b7-5-,11-10-,14-13-,17-16-,20-19-. The van der Waals surface area contributed by atoms with Gasteiger partial charge in [0, 0.05) is 12.8 Å². The van der Waals surface area contributed by atoms with E-state index in [0.717, 1.165) is 103 Å². The van der Waals surface area contributed by atoms with Crippen molar-refractivity contribution in [1.29, 1.82) is 0 Å². The first-order chi connectivity index (χ1) is 26.8. The molecule has 314 valence electrons. The van der Waals surface area contributed by atoms with Crippen LogP contribution in [0.1, 0.15) is 181 Å². The largest absolute Gasteiger partial charge is 0.480 e. The fourth-order valence-corrected chi connectivity index (χ4v) is 5.98. The highest BCUT2D eigenvalue weighted by Gasteiger charge is 2.19. The molecule has 0 spiro atoms. The topological polar surface area (TPSA) is 142 Å². The third kappa shape index (κ3) is 37.2. The summed E-state index contributed by atoms with van der Waals surface area (Å²) in [5, 5.41) is 22.5. The zero-order valence-electron chi connectivity index (χ0n) is 34.7. The van der Waals surface area contributed by atoms with Crippen LogP contribution in [-0.2, 0) is 23.9 Å². The minimum atomic E-state index is -1.39. The molecule has 0 heterocycles. The van der Waals surface area contributed by atoms with Crippen LogP contribution in [0.2, 0.25) is 0 Å². The summed E-state index contributed by atoms with van der Waals surface area (Å²) < 4.78 is 5.95. The van der Waals surface area contributed by atoms with Gasteiger partial charge in [0.2, 0.25) is 11.8 Å². The first kappa shape index (κ1) is 51.5. The molecule has 55 heavy (non-hydrogen) atoms. The van der Waals surface area contributed by atoms with Gasteiger partial charge in [-0.15, -0.1) is 0 Å². The molecular formula is C46H78N2O7. The highest BCUT2D eigenvalue weighted by Crippen LogP contribution is 2.18. The third-order valence-electron chi connectivity index (χ3n) is 9.28. The van der Waals surface area contributed by atoms with Gasteiger partial charge < -0.3 is 25.6 Å². The van der Waals surface area contributed by atoms with Crippen molar-refractivity contribution in [3.63, 3.8) is 0 Å². The molecular weight excluding hydrogens is 693 g/mol. The molecule has 9 heteroatoms. The van der Waals surface area contributed by atoms with Crippen LogP contribution in [0, 0.1) is 0 Å². The summed E-state index contributed by atoms with van der Waals surface area (Å²) in [5.74, 6) is -2.35. The zero-order chi connectivity index (χ0) is 40.5. The van der Waals surface area contributed by atoms with Gasteiger partial charge in [-0.1, -0.05) is 145 Å². The second-order valence-electron chi connectivity index (χ2n) is 14.4. The molecule has 2 amide bonds. The van der Waals surface area contributed by atoms with E-state index in [1.54, 1.807) is 0 Å². The summed E-state index contributed by atoms with van der Waals surface area (Å²) in [5.41, 5.74) is 0. The number of hydrogen-bond acceptors (Lipinski definition) is 6. The van der Waals surface area contributed by atoms with Crippen LogP contribution < -0.4 is 10.6 Å². The van der Waals surface area contributed by atoms with Crippen molar-refractivity contribution in [2.75, 3.05) is 13.2 Å². The number of unbranched alkanes of at least 4 members (excludes halogenated alkanes) is 14. The molecule has 0 aliphatic rings. The average molecular weight is 771 g/mol. The summed E-state index contributed by atoms with van der Waals surface area (Å²) in [6.07, 6.45) is 48.4. The number of aliphatic hydroxyl groups is 1. The normalized spacial score (nSPS) is 13.1. The van der Waals surface area contributed by atoms with E-state index in [0.29, 0.717) is 12.8 Å². The zero-order valence-corrected chi connectivity index (χ0v) is 34.7. The lowest BCUT2D eigenvalue weighted by molar-refractivity contribution is -0.150. The molecule has 4 N–H and O–H groups in total. The Labute approximate surface area is 334 Å². The van der Waals surface area contributed by atoms with Crippen LogP contribution in [0.25, 0.3) is 0 Å². The number of aliphatic carboxylic acids is 1. The highest BCUT2D eigenvalue weighted by molar-refractivity contribution is 5.87. The van der Waals surface area contributed by atoms with Gasteiger partial charge in [-0.2, -0.15) is 0 Å². The monoisotopic (exact) mass is 771 g/mol. The van der Waals surface area contributed by atoms with Crippen molar-refractivity contribution in [2.45, 2.75) is 193 Å². The number of carboxylic acids is 1. The van der Waals surface area contributed by atoms with Crippen LogP contribution in [-0.4, -0.2) is 59.3 Å². The van der Waals surface area contributed by atoms with Gasteiger partial charge in [-0.3, -0.25) is 14.4 Å². The molecule has 2 atom stereocenters. The Kier molecular flexibility index (Phi) is 37.7. The maximum absolute atomic E-state index is 12.7. The van der Waals surface area contributed by atoms with Gasteiger partial charge in [0.15, 0.2) is 0 Å². The second kappa shape index (κ2) is 40.2. The number of carbonyl (C=O) groups excluding carboxylic acids is 3. The van der Waals surface area contributed by atoms with Crippen molar-refractivity contribution in [3.8, 4) is 0 Å². The van der Waals surface area contributed by atoms with Crippen molar-refractivity contribution in [3.05, 3.63) is 60.8 Å². The molecule has 0 aliphatic carbocycles. The molecule has 0 aromatic rings. The molecule has 0 radical (unpaired) electrons. The number of nitrogens with one attached hydrogen (secondary N) is 2. The maximum Gasteiger partial charge on any atom is 0.328 e. The minimum Gasteiger partial charge on any atom is -0.480 e. The van der Waals surface area contributed by atoms with Crippen LogP contribution in [0.5, 0.6) is 0 Å². The Morgan fingerprint density at radius 1 is 0.564 bits per heavy atom. The Hall–Kier alpha value is -3.46. The van der Waals surface area contributed by atoms with Gasteiger partial charge >= 0.3 is 11.9 Å². The smallest absolute Gasteiger partial charge is 0.328 e. The SMILES string of the molecule is CC/C=C\C/C=C\C/C=C\C/C=C\C/C=C\CCCCCCCCCC(=O)OC(CCCCCCC)CCCCCCC(=O)NCC(=O)NC(CO)C(=O)O. The molecule has 0 saturated heterocycles. The first-order valence-corrected chi connectivity index (χ1v) is 21.7. The predicted octanol–water partition coefficient (Wildman–Crippen LogP) is 10.5. The second-order valence-corrected chi connectivity index (χ2v) is 14.4. The van der Waals surface area contributed by atoms with Gasteiger partial charge in [0.05, 0.1) is 13.2 Å². The lowest BCUT2D eigenvalue weighted by Crippen LogP contribution is -2.47. The lowest BCUT2D eigenvalue weighted by atomic mass is 10.0. The van der Waals surface area contributed by atoms with Crippen LogP contribution in [0.4, 0.5) is 0 Å². The number of ether oxygens (including phenoxy) is 1. The Morgan fingerprint density at radius 2 is 1.04 bits per heavy atom. The molecule has 0 aromatic heterocycles. The van der Waals surface area contributed by atoms with Crippen molar-refractivity contribution in [1.82, 2.24) is 10.6 Å². The van der Waals surface area contributed by atoms with E-state index in [1.165, 1.54) is 44.9 Å². The first-order valence-electron chi connectivity index (χ1n) is 21.7. The van der Waals surface area contributed by atoms with E-state index in [1.807, 2.05) is 0 Å². The van der Waals surface area contributed by atoms with E-state index < -0.39 is 24.5 Å². The fourth-order valence-electron chi connectivity index (χ4n) is 5.98. The maximum atomic E-state index is 12.7. The van der Waals surface area contributed by atoms with Crippen LogP contribution >= 0.6 is 0 Å². The number of allylic oxidation sites excluding steroid dienone is 10. The Balaban J connectivity index is 4.04. The van der Waals surface area contributed by atoms with Gasteiger partial charge in [-0.05, 0) is 83.5 Å². The van der Waals surface area contributed by atoms with E-state index in [9.17, 15) is 19.2 Å². The number of amides is 2. The number of hydrogen-bond donors (Lipinski definition) is 4. The summed E-state index contributed by atoms with van der Waals surface area (Å²) in [4.78, 5) is 47.4. The summed E-state index contributed by atoms with van der Waals surface area (Å²) >= 11 is 0. The molecule has 2 unspecified atom stereocenters. The van der Waals surface area contributed by atoms with Gasteiger partial charge in [-0.25, -0.2) is 4.79 Å². The number of esters is 1. The van der Waals surface area contributed by atoms with Crippen LogP contribution in [0.3, 0.4) is 0 Å². The highest BCUT2D eigenvalue weighted by atomic mass is 16.5. The number of carbonyl (C=O) groups is 4. The Bertz CT molecular complexity index is 1110. The van der Waals surface area contributed by atoms with Gasteiger partial charge in [0.1, 0.15) is 12.1 Å². The quantitative estimate of drug-likeness (QED) is 0.0278.